The molecule has 0 aliphatic heterocycles. The van der Waals surface area contributed by atoms with E-state index in [2.05, 4.69) is 22.0 Å². The number of fused-ring (bicyclic) bond motifs is 1. The second-order valence-corrected chi connectivity index (χ2v) is 4.68. The van der Waals surface area contributed by atoms with Gasteiger partial charge in [0, 0.05) is 4.47 Å². The van der Waals surface area contributed by atoms with E-state index in [1.807, 2.05) is 37.3 Å². The van der Waals surface area contributed by atoms with E-state index in [9.17, 15) is 0 Å². The Hall–Kier alpha value is -1.06. The van der Waals surface area contributed by atoms with Crippen molar-refractivity contribution >= 4 is 26.7 Å². The van der Waals surface area contributed by atoms with E-state index in [0.29, 0.717) is 0 Å². The molecule has 0 saturated heterocycles. The third kappa shape index (κ3) is 2.54. The molecule has 0 saturated carbocycles. The van der Waals surface area contributed by atoms with Crippen molar-refractivity contribution in [3.8, 4) is 5.75 Å². The molecule has 1 N–H and O–H groups in total. The summed E-state index contributed by atoms with van der Waals surface area (Å²) >= 11 is 3.44. The maximum absolute atomic E-state index is 8.91. The molecule has 2 nitrogen and oxygen atoms in total. The van der Waals surface area contributed by atoms with Crippen molar-refractivity contribution in [2.45, 2.75) is 13.0 Å². The third-order valence-electron chi connectivity index (χ3n) is 2.37. The van der Waals surface area contributed by atoms with Gasteiger partial charge in [-0.1, -0.05) is 28.1 Å². The highest BCUT2D eigenvalue weighted by Crippen LogP contribution is 2.24. The highest BCUT2D eigenvalue weighted by Gasteiger charge is 2.03. The first-order valence-electron chi connectivity index (χ1n) is 5.16. The second-order valence-electron chi connectivity index (χ2n) is 3.76. The fraction of sp³-hybridized carbons (Fsp3) is 0.231. The molecule has 2 aromatic rings. The number of hydrogen-bond acceptors (Lipinski definition) is 2. The Morgan fingerprint density at radius 2 is 1.88 bits per heavy atom. The van der Waals surface area contributed by atoms with Gasteiger partial charge in [-0.15, -0.1) is 0 Å². The molecule has 84 valence electrons. The van der Waals surface area contributed by atoms with Crippen molar-refractivity contribution in [1.29, 1.82) is 0 Å². The zero-order chi connectivity index (χ0) is 11.5. The van der Waals surface area contributed by atoms with Crippen LogP contribution in [0.3, 0.4) is 0 Å². The topological polar surface area (TPSA) is 29.5 Å². The molecule has 0 amide bonds. The minimum Gasteiger partial charge on any atom is -0.488 e. The second kappa shape index (κ2) is 4.85. The Morgan fingerprint density at radius 1 is 1.19 bits per heavy atom. The molecule has 0 spiro atoms. The third-order valence-corrected chi connectivity index (χ3v) is 2.86. The quantitative estimate of drug-likeness (QED) is 0.934. The molecule has 0 aromatic heterocycles. The zero-order valence-electron chi connectivity index (χ0n) is 8.98. The van der Waals surface area contributed by atoms with Crippen LogP contribution >= 0.6 is 15.9 Å². The molecule has 0 heterocycles. The molecule has 16 heavy (non-hydrogen) atoms. The summed E-state index contributed by atoms with van der Waals surface area (Å²) in [5, 5.41) is 11.2. The predicted octanol–water partition coefficient (Wildman–Crippen LogP) is 3.36. The van der Waals surface area contributed by atoms with Crippen molar-refractivity contribution < 1.29 is 9.84 Å². The van der Waals surface area contributed by atoms with E-state index in [0.717, 1.165) is 15.6 Å². The molecule has 0 radical (unpaired) electrons. The first-order chi connectivity index (χ1) is 7.69. The summed E-state index contributed by atoms with van der Waals surface area (Å²) in [4.78, 5) is 0. The lowest BCUT2D eigenvalue weighted by Crippen LogP contribution is -2.15. The minimum absolute atomic E-state index is 0.0262. The van der Waals surface area contributed by atoms with E-state index in [1.54, 1.807) is 0 Å². The van der Waals surface area contributed by atoms with Crippen LogP contribution in [0.2, 0.25) is 0 Å². The van der Waals surface area contributed by atoms with Gasteiger partial charge in [-0.3, -0.25) is 0 Å². The van der Waals surface area contributed by atoms with Crippen LogP contribution < -0.4 is 4.74 Å². The average molecular weight is 281 g/mol. The number of rotatable bonds is 3. The Labute approximate surface area is 103 Å². The summed E-state index contributed by atoms with van der Waals surface area (Å²) < 4.78 is 6.61. The Morgan fingerprint density at radius 3 is 2.62 bits per heavy atom. The van der Waals surface area contributed by atoms with E-state index in [4.69, 9.17) is 9.84 Å². The lowest BCUT2D eigenvalue weighted by atomic mass is 10.1. The number of hydrogen-bond donors (Lipinski definition) is 1. The first-order valence-corrected chi connectivity index (χ1v) is 5.95. The van der Waals surface area contributed by atoms with Crippen LogP contribution in [0.15, 0.2) is 40.9 Å². The van der Waals surface area contributed by atoms with E-state index >= 15 is 0 Å². The molecule has 0 fully saturated rings. The van der Waals surface area contributed by atoms with Gasteiger partial charge in [0.05, 0.1) is 6.61 Å². The van der Waals surface area contributed by atoms with E-state index in [1.165, 1.54) is 5.39 Å². The van der Waals surface area contributed by atoms with Crippen molar-refractivity contribution in [1.82, 2.24) is 0 Å². The molecule has 2 rings (SSSR count). The maximum atomic E-state index is 8.91. The average Bonchev–Trinajstić information content (AvgIpc) is 2.29. The molecule has 1 unspecified atom stereocenters. The molecule has 0 aliphatic carbocycles. The molecule has 2 aromatic carbocycles. The number of ether oxygens (including phenoxy) is 1. The normalized spacial score (nSPS) is 12.7. The maximum Gasteiger partial charge on any atom is 0.120 e. The lowest BCUT2D eigenvalue weighted by molar-refractivity contribution is 0.130. The minimum atomic E-state index is -0.173. The first kappa shape index (κ1) is 11.4. The van der Waals surface area contributed by atoms with Gasteiger partial charge in [0.2, 0.25) is 0 Å². The fourth-order valence-electron chi connectivity index (χ4n) is 1.54. The summed E-state index contributed by atoms with van der Waals surface area (Å²) in [6.45, 7) is 1.87. The molecule has 0 aliphatic rings. The number of aliphatic hydroxyl groups is 1. The Kier molecular flexibility index (Phi) is 3.46. The van der Waals surface area contributed by atoms with Gasteiger partial charge in [0.15, 0.2) is 0 Å². The van der Waals surface area contributed by atoms with Crippen LogP contribution in [0, 0.1) is 0 Å². The smallest absolute Gasteiger partial charge is 0.120 e. The predicted molar refractivity (Wildman–Crippen MR) is 68.8 cm³/mol. The van der Waals surface area contributed by atoms with Crippen molar-refractivity contribution in [3.63, 3.8) is 0 Å². The summed E-state index contributed by atoms with van der Waals surface area (Å²) in [6, 6.07) is 12.0. The van der Waals surface area contributed by atoms with Crippen molar-refractivity contribution in [3.05, 3.63) is 40.9 Å². The van der Waals surface area contributed by atoms with Gasteiger partial charge in [0.1, 0.15) is 11.9 Å². The van der Waals surface area contributed by atoms with Crippen LogP contribution in [0.1, 0.15) is 6.92 Å². The van der Waals surface area contributed by atoms with Crippen LogP contribution in [-0.2, 0) is 0 Å². The highest BCUT2D eigenvalue weighted by atomic mass is 79.9. The van der Waals surface area contributed by atoms with Crippen molar-refractivity contribution in [2.24, 2.45) is 0 Å². The molecule has 0 bridgehead atoms. The van der Waals surface area contributed by atoms with Gasteiger partial charge < -0.3 is 9.84 Å². The number of halogens is 1. The lowest BCUT2D eigenvalue weighted by Gasteiger charge is -2.12. The standard InChI is InChI=1S/C13H13BrO2/c1-9(8-15)16-13-5-3-10-6-12(14)4-2-11(10)7-13/h2-7,9,15H,8H2,1H3. The van der Waals surface area contributed by atoms with Crippen LogP contribution in [0.5, 0.6) is 5.75 Å². The van der Waals surface area contributed by atoms with Gasteiger partial charge in [-0.25, -0.2) is 0 Å². The Bertz CT molecular complexity index is 496. The number of benzene rings is 2. The summed E-state index contributed by atoms with van der Waals surface area (Å²) in [7, 11) is 0. The van der Waals surface area contributed by atoms with Crippen LogP contribution in [0.25, 0.3) is 10.8 Å². The summed E-state index contributed by atoms with van der Waals surface area (Å²) in [5.74, 6) is 0.788. The van der Waals surface area contributed by atoms with Gasteiger partial charge in [-0.05, 0) is 42.0 Å². The zero-order valence-corrected chi connectivity index (χ0v) is 10.6. The van der Waals surface area contributed by atoms with E-state index in [-0.39, 0.29) is 12.7 Å². The van der Waals surface area contributed by atoms with Gasteiger partial charge in [0.25, 0.3) is 0 Å². The molecular formula is C13H13BrO2. The fourth-order valence-corrected chi connectivity index (χ4v) is 1.92. The monoisotopic (exact) mass is 280 g/mol. The molecular weight excluding hydrogens is 268 g/mol. The summed E-state index contributed by atoms with van der Waals surface area (Å²) in [6.07, 6.45) is -0.173. The number of aliphatic hydroxyl groups excluding tert-OH is 1. The highest BCUT2D eigenvalue weighted by molar-refractivity contribution is 9.10. The largest absolute Gasteiger partial charge is 0.488 e. The van der Waals surface area contributed by atoms with Crippen molar-refractivity contribution in [2.75, 3.05) is 6.61 Å². The van der Waals surface area contributed by atoms with Gasteiger partial charge in [-0.2, -0.15) is 0 Å². The van der Waals surface area contributed by atoms with Crippen LogP contribution in [0.4, 0.5) is 0 Å². The SMILES string of the molecule is CC(CO)Oc1ccc2cc(Br)ccc2c1. The van der Waals surface area contributed by atoms with E-state index < -0.39 is 0 Å². The molecule has 1 atom stereocenters. The Balaban J connectivity index is 2.33. The summed E-state index contributed by atoms with van der Waals surface area (Å²) in [5.41, 5.74) is 0. The van der Waals surface area contributed by atoms with Gasteiger partial charge >= 0.3 is 0 Å². The molecule has 3 heteroatoms. The van der Waals surface area contributed by atoms with Crippen LogP contribution in [-0.4, -0.2) is 17.8 Å².